The van der Waals surface area contributed by atoms with E-state index in [-0.39, 0.29) is 5.91 Å². The van der Waals surface area contributed by atoms with Gasteiger partial charge in [-0.3, -0.25) is 9.59 Å². The van der Waals surface area contributed by atoms with Crippen molar-refractivity contribution in [2.24, 2.45) is 11.8 Å². The predicted molar refractivity (Wildman–Crippen MR) is 74.0 cm³/mol. The smallest absolute Gasteiger partial charge is 0.307 e. The second-order valence-electron chi connectivity index (χ2n) is 4.66. The third-order valence-corrected chi connectivity index (χ3v) is 3.41. The molecule has 2 atom stereocenters. The largest absolute Gasteiger partial charge is 0.493 e. The zero-order valence-electron chi connectivity index (χ0n) is 12.0. The lowest BCUT2D eigenvalue weighted by molar-refractivity contribution is -0.139. The number of carboxylic acids is 1. The molecule has 0 bridgehead atoms. The number of carbonyl (C=O) groups is 2. The summed E-state index contributed by atoms with van der Waals surface area (Å²) in [6.45, 7) is 0. The lowest BCUT2D eigenvalue weighted by Gasteiger charge is -2.16. The molecule has 21 heavy (non-hydrogen) atoms. The minimum absolute atomic E-state index is 0.331. The third-order valence-electron chi connectivity index (χ3n) is 3.41. The molecule has 1 aromatic rings. The van der Waals surface area contributed by atoms with Gasteiger partial charge >= 0.3 is 5.97 Å². The van der Waals surface area contributed by atoms with Crippen LogP contribution in [0.5, 0.6) is 17.2 Å². The number of ether oxygens (including phenoxy) is 3. The molecule has 0 aliphatic heterocycles. The number of benzene rings is 1. The number of anilines is 1. The Morgan fingerprint density at radius 2 is 1.76 bits per heavy atom. The van der Waals surface area contributed by atoms with Gasteiger partial charge < -0.3 is 24.6 Å². The number of amides is 1. The summed E-state index contributed by atoms with van der Waals surface area (Å²) < 4.78 is 15.6. The van der Waals surface area contributed by atoms with Crippen LogP contribution in [0, 0.1) is 11.8 Å². The zero-order chi connectivity index (χ0) is 15.6. The topological polar surface area (TPSA) is 94.1 Å². The van der Waals surface area contributed by atoms with Crippen molar-refractivity contribution in [1.82, 2.24) is 0 Å². The van der Waals surface area contributed by atoms with Crippen molar-refractivity contribution in [2.45, 2.75) is 6.42 Å². The van der Waals surface area contributed by atoms with Gasteiger partial charge in [0.15, 0.2) is 11.5 Å². The Kier molecular flexibility index (Phi) is 4.21. The summed E-state index contributed by atoms with van der Waals surface area (Å²) in [5.74, 6) is -1.22. The predicted octanol–water partition coefficient (Wildman–Crippen LogP) is 1.37. The van der Waals surface area contributed by atoms with E-state index in [1.54, 1.807) is 12.1 Å². The Balaban J connectivity index is 2.20. The van der Waals surface area contributed by atoms with Gasteiger partial charge in [-0.25, -0.2) is 0 Å². The molecule has 1 aliphatic rings. The molecule has 0 radical (unpaired) electrons. The summed E-state index contributed by atoms with van der Waals surface area (Å²) in [5.41, 5.74) is 0.413. The number of carboxylic acid groups (broad SMARTS) is 1. The third kappa shape index (κ3) is 2.86. The van der Waals surface area contributed by atoms with Crippen molar-refractivity contribution < 1.29 is 28.9 Å². The van der Waals surface area contributed by atoms with Crippen LogP contribution in [0.4, 0.5) is 5.69 Å². The molecule has 7 heteroatoms. The van der Waals surface area contributed by atoms with Crippen molar-refractivity contribution in [3.63, 3.8) is 0 Å². The Bertz CT molecular complexity index is 571. The van der Waals surface area contributed by atoms with Gasteiger partial charge in [-0.1, -0.05) is 0 Å². The molecular formula is C14H17NO6. The Hall–Kier alpha value is -2.44. The number of rotatable bonds is 6. The van der Waals surface area contributed by atoms with Crippen LogP contribution in [-0.4, -0.2) is 38.3 Å². The van der Waals surface area contributed by atoms with Gasteiger partial charge in [0.25, 0.3) is 0 Å². The monoisotopic (exact) mass is 295 g/mol. The van der Waals surface area contributed by atoms with Crippen LogP contribution in [0.15, 0.2) is 12.1 Å². The molecular weight excluding hydrogens is 278 g/mol. The average molecular weight is 295 g/mol. The normalized spacial score (nSPS) is 19.6. The van der Waals surface area contributed by atoms with Crippen LogP contribution >= 0.6 is 0 Å². The first kappa shape index (κ1) is 15.0. The van der Waals surface area contributed by atoms with E-state index in [1.807, 2.05) is 0 Å². The quantitative estimate of drug-likeness (QED) is 0.823. The maximum Gasteiger partial charge on any atom is 0.307 e. The van der Waals surface area contributed by atoms with Crippen LogP contribution in [0.2, 0.25) is 0 Å². The molecule has 1 aliphatic carbocycles. The maximum absolute atomic E-state index is 12.0. The van der Waals surface area contributed by atoms with Gasteiger partial charge in [0.05, 0.1) is 38.9 Å². The number of hydrogen-bond acceptors (Lipinski definition) is 5. The number of aliphatic carboxylic acids is 1. The van der Waals surface area contributed by atoms with Gasteiger partial charge in [0, 0.05) is 0 Å². The highest BCUT2D eigenvalue weighted by molar-refractivity contribution is 5.99. The fourth-order valence-corrected chi connectivity index (χ4v) is 2.18. The summed E-state index contributed by atoms with van der Waals surface area (Å²) >= 11 is 0. The Labute approximate surface area is 121 Å². The second-order valence-corrected chi connectivity index (χ2v) is 4.66. The average Bonchev–Trinajstić information content (AvgIpc) is 3.27. The number of carbonyl (C=O) groups excluding carboxylic acids is 1. The molecule has 0 spiro atoms. The van der Waals surface area contributed by atoms with E-state index in [1.165, 1.54) is 21.3 Å². The fourth-order valence-electron chi connectivity index (χ4n) is 2.18. The molecule has 2 unspecified atom stereocenters. The molecule has 1 amide bonds. The molecule has 2 rings (SSSR count). The highest BCUT2D eigenvalue weighted by atomic mass is 16.5. The van der Waals surface area contributed by atoms with Crippen molar-refractivity contribution >= 4 is 17.6 Å². The molecule has 1 fully saturated rings. The van der Waals surface area contributed by atoms with Gasteiger partial charge in [-0.2, -0.15) is 0 Å². The first-order chi connectivity index (χ1) is 10.0. The summed E-state index contributed by atoms with van der Waals surface area (Å²) in [6, 6.07) is 3.26. The molecule has 2 N–H and O–H groups in total. The van der Waals surface area contributed by atoms with Gasteiger partial charge in [0.2, 0.25) is 11.7 Å². The number of methoxy groups -OCH3 is 3. The Morgan fingerprint density at radius 3 is 2.24 bits per heavy atom. The van der Waals surface area contributed by atoms with E-state index < -0.39 is 17.8 Å². The molecule has 0 aromatic heterocycles. The summed E-state index contributed by atoms with van der Waals surface area (Å²) in [4.78, 5) is 22.8. The number of nitrogens with one attached hydrogen (secondary N) is 1. The van der Waals surface area contributed by atoms with E-state index in [4.69, 9.17) is 19.3 Å². The molecule has 0 heterocycles. The number of hydrogen-bond donors (Lipinski definition) is 2. The standard InChI is InChI=1S/C14H17NO6/c1-19-10-5-4-9(11(20-2)12(10)21-3)15-13(16)7-6-8(7)14(17)18/h4-5,7-8H,6H2,1-3H3,(H,15,16)(H,17,18). The van der Waals surface area contributed by atoms with Crippen molar-refractivity contribution in [2.75, 3.05) is 26.6 Å². The van der Waals surface area contributed by atoms with Gasteiger partial charge in [0.1, 0.15) is 0 Å². The summed E-state index contributed by atoms with van der Waals surface area (Å²) in [7, 11) is 4.41. The lowest BCUT2D eigenvalue weighted by atomic mass is 10.2. The second kappa shape index (κ2) is 5.90. The van der Waals surface area contributed by atoms with Crippen molar-refractivity contribution in [3.8, 4) is 17.2 Å². The fraction of sp³-hybridized carbons (Fsp3) is 0.429. The van der Waals surface area contributed by atoms with Crippen molar-refractivity contribution in [1.29, 1.82) is 0 Å². The highest BCUT2D eigenvalue weighted by Gasteiger charge is 2.48. The zero-order valence-corrected chi connectivity index (χ0v) is 12.0. The first-order valence-electron chi connectivity index (χ1n) is 6.36. The van der Waals surface area contributed by atoms with Crippen LogP contribution in [-0.2, 0) is 9.59 Å². The minimum atomic E-state index is -0.950. The van der Waals surface area contributed by atoms with E-state index in [0.717, 1.165) is 0 Å². The molecule has 7 nitrogen and oxygen atoms in total. The lowest BCUT2D eigenvalue weighted by Crippen LogP contribution is -2.17. The van der Waals surface area contributed by atoms with Crippen LogP contribution in [0.3, 0.4) is 0 Å². The molecule has 0 saturated heterocycles. The van der Waals surface area contributed by atoms with Crippen LogP contribution < -0.4 is 19.5 Å². The van der Waals surface area contributed by atoms with Gasteiger partial charge in [-0.15, -0.1) is 0 Å². The maximum atomic E-state index is 12.0. The Morgan fingerprint density at radius 1 is 1.10 bits per heavy atom. The highest BCUT2D eigenvalue weighted by Crippen LogP contribution is 2.44. The SMILES string of the molecule is COc1ccc(NC(=O)C2CC2C(=O)O)c(OC)c1OC. The van der Waals surface area contributed by atoms with Gasteiger partial charge in [-0.05, 0) is 18.6 Å². The van der Waals surface area contributed by atoms with Crippen molar-refractivity contribution in [3.05, 3.63) is 12.1 Å². The van der Waals surface area contributed by atoms with E-state index in [9.17, 15) is 9.59 Å². The van der Waals surface area contributed by atoms with E-state index in [0.29, 0.717) is 29.4 Å². The van der Waals surface area contributed by atoms with Crippen LogP contribution in [0.1, 0.15) is 6.42 Å². The van der Waals surface area contributed by atoms with Crippen LogP contribution in [0.25, 0.3) is 0 Å². The minimum Gasteiger partial charge on any atom is -0.493 e. The molecule has 1 saturated carbocycles. The molecule has 1 aromatic carbocycles. The van der Waals surface area contributed by atoms with E-state index in [2.05, 4.69) is 5.32 Å². The first-order valence-corrected chi connectivity index (χ1v) is 6.36. The summed E-state index contributed by atoms with van der Waals surface area (Å²) in [6.07, 6.45) is 0.358. The van der Waals surface area contributed by atoms with E-state index >= 15 is 0 Å². The summed E-state index contributed by atoms with van der Waals surface area (Å²) in [5, 5.41) is 11.5. The molecule has 114 valence electrons.